The van der Waals surface area contributed by atoms with Crippen molar-refractivity contribution in [1.29, 1.82) is 0 Å². The molecule has 0 spiro atoms. The Morgan fingerprint density at radius 2 is 2.00 bits per heavy atom. The summed E-state index contributed by atoms with van der Waals surface area (Å²) in [5, 5.41) is 3.25. The Morgan fingerprint density at radius 1 is 1.39 bits per heavy atom. The molecule has 1 fully saturated rings. The molecule has 1 saturated heterocycles. The third-order valence-electron chi connectivity index (χ3n) is 4.00. The Kier molecular flexibility index (Phi) is 4.91. The van der Waals surface area contributed by atoms with E-state index in [4.69, 9.17) is 0 Å². The predicted molar refractivity (Wildman–Crippen MR) is 72.1 cm³/mol. The van der Waals surface area contributed by atoms with Crippen LogP contribution >= 0.6 is 0 Å². The lowest BCUT2D eigenvalue weighted by Crippen LogP contribution is -2.44. The smallest absolute Gasteiger partial charge is 0.247 e. The molecule has 1 rings (SSSR count). The number of carbonyl (C=O) groups is 2. The molecule has 2 unspecified atom stereocenters. The molecule has 1 aliphatic heterocycles. The SMILES string of the molecule is CCC(C)N1C(=O)CC(NCC(C)(C)CC)C1=O. The minimum Gasteiger partial charge on any atom is -0.305 e. The first kappa shape index (κ1) is 15.2. The fourth-order valence-electron chi connectivity index (χ4n) is 1.98. The molecule has 4 nitrogen and oxygen atoms in total. The second-order valence-electron chi connectivity index (χ2n) is 6.01. The fraction of sp³-hybridized carbons (Fsp3) is 0.857. The summed E-state index contributed by atoms with van der Waals surface area (Å²) < 4.78 is 0. The van der Waals surface area contributed by atoms with Gasteiger partial charge in [0.25, 0.3) is 0 Å². The average molecular weight is 254 g/mol. The molecule has 104 valence electrons. The zero-order valence-corrected chi connectivity index (χ0v) is 12.2. The highest BCUT2D eigenvalue weighted by atomic mass is 16.2. The molecule has 2 amide bonds. The Labute approximate surface area is 110 Å². The summed E-state index contributed by atoms with van der Waals surface area (Å²) in [6, 6.07) is -0.312. The highest BCUT2D eigenvalue weighted by molar-refractivity contribution is 6.05. The van der Waals surface area contributed by atoms with Gasteiger partial charge in [0.2, 0.25) is 11.8 Å². The number of likely N-dealkylation sites (tertiary alicyclic amines) is 1. The van der Waals surface area contributed by atoms with Crippen molar-refractivity contribution in [1.82, 2.24) is 10.2 Å². The molecule has 0 aliphatic carbocycles. The van der Waals surface area contributed by atoms with E-state index in [0.717, 1.165) is 19.4 Å². The summed E-state index contributed by atoms with van der Waals surface area (Å²) >= 11 is 0. The molecule has 1 N–H and O–H groups in total. The Hall–Kier alpha value is -0.900. The van der Waals surface area contributed by atoms with E-state index in [1.807, 2.05) is 13.8 Å². The van der Waals surface area contributed by atoms with E-state index in [1.165, 1.54) is 4.90 Å². The summed E-state index contributed by atoms with van der Waals surface area (Å²) in [6.07, 6.45) is 2.16. The van der Waals surface area contributed by atoms with Crippen LogP contribution in [0.25, 0.3) is 0 Å². The average Bonchev–Trinajstić information content (AvgIpc) is 2.61. The Balaban J connectivity index is 2.61. The van der Waals surface area contributed by atoms with Crippen molar-refractivity contribution in [2.24, 2.45) is 5.41 Å². The number of nitrogens with one attached hydrogen (secondary N) is 1. The lowest BCUT2D eigenvalue weighted by Gasteiger charge is -2.25. The van der Waals surface area contributed by atoms with Crippen LogP contribution in [0.15, 0.2) is 0 Å². The number of nitrogens with zero attached hydrogens (tertiary/aromatic N) is 1. The summed E-state index contributed by atoms with van der Waals surface area (Å²) in [5.41, 5.74) is 0.160. The van der Waals surface area contributed by atoms with Crippen molar-refractivity contribution in [2.45, 2.75) is 66.0 Å². The molecule has 2 atom stereocenters. The van der Waals surface area contributed by atoms with Gasteiger partial charge in [0.1, 0.15) is 0 Å². The maximum absolute atomic E-state index is 12.2. The van der Waals surface area contributed by atoms with Crippen LogP contribution in [0.4, 0.5) is 0 Å². The number of rotatable bonds is 6. The molecule has 0 aromatic rings. The molecule has 4 heteroatoms. The topological polar surface area (TPSA) is 49.4 Å². The number of carbonyl (C=O) groups excluding carboxylic acids is 2. The number of hydrogen-bond acceptors (Lipinski definition) is 3. The maximum atomic E-state index is 12.2. The molecule has 1 heterocycles. The molecule has 1 aliphatic rings. The van der Waals surface area contributed by atoms with Crippen LogP contribution in [-0.2, 0) is 9.59 Å². The Morgan fingerprint density at radius 3 is 2.50 bits per heavy atom. The predicted octanol–water partition coefficient (Wildman–Crippen LogP) is 1.94. The second-order valence-corrected chi connectivity index (χ2v) is 6.01. The quantitative estimate of drug-likeness (QED) is 0.737. The van der Waals surface area contributed by atoms with Crippen LogP contribution in [-0.4, -0.2) is 35.3 Å². The number of imide groups is 1. The van der Waals surface area contributed by atoms with Crippen molar-refractivity contribution in [2.75, 3.05) is 6.54 Å². The number of amides is 2. The van der Waals surface area contributed by atoms with E-state index >= 15 is 0 Å². The van der Waals surface area contributed by atoms with Crippen LogP contribution in [0.3, 0.4) is 0 Å². The van der Waals surface area contributed by atoms with Crippen molar-refractivity contribution >= 4 is 11.8 Å². The van der Waals surface area contributed by atoms with Gasteiger partial charge in [0.05, 0.1) is 12.5 Å². The van der Waals surface area contributed by atoms with Gasteiger partial charge in [0.15, 0.2) is 0 Å². The van der Waals surface area contributed by atoms with E-state index in [2.05, 4.69) is 26.1 Å². The van der Waals surface area contributed by atoms with Crippen molar-refractivity contribution in [3.63, 3.8) is 0 Å². The van der Waals surface area contributed by atoms with Crippen LogP contribution in [0.1, 0.15) is 53.9 Å². The van der Waals surface area contributed by atoms with Gasteiger partial charge >= 0.3 is 0 Å². The van der Waals surface area contributed by atoms with E-state index < -0.39 is 0 Å². The minimum atomic E-state index is -0.322. The van der Waals surface area contributed by atoms with Gasteiger partial charge in [-0.1, -0.05) is 27.7 Å². The van der Waals surface area contributed by atoms with Gasteiger partial charge < -0.3 is 5.32 Å². The van der Waals surface area contributed by atoms with Gasteiger partial charge in [-0.15, -0.1) is 0 Å². The standard InChI is InChI=1S/C14H26N2O2/c1-6-10(3)16-12(17)8-11(13(16)18)15-9-14(4,5)7-2/h10-11,15H,6-9H2,1-5H3. The second kappa shape index (κ2) is 5.83. The molecule has 0 bridgehead atoms. The van der Waals surface area contributed by atoms with Crippen molar-refractivity contribution in [3.05, 3.63) is 0 Å². The summed E-state index contributed by atoms with van der Waals surface area (Å²) in [5.74, 6) is -0.0950. The Bertz CT molecular complexity index is 326. The van der Waals surface area contributed by atoms with Gasteiger partial charge in [-0.3, -0.25) is 14.5 Å². The van der Waals surface area contributed by atoms with Crippen LogP contribution in [0.5, 0.6) is 0 Å². The first-order valence-electron chi connectivity index (χ1n) is 6.91. The normalized spacial score (nSPS) is 22.7. The summed E-state index contributed by atoms with van der Waals surface area (Å²) in [6.45, 7) is 11.1. The number of hydrogen-bond donors (Lipinski definition) is 1. The molecule has 0 saturated carbocycles. The van der Waals surface area contributed by atoms with Crippen LogP contribution in [0, 0.1) is 5.41 Å². The highest BCUT2D eigenvalue weighted by Crippen LogP contribution is 2.21. The monoisotopic (exact) mass is 254 g/mol. The summed E-state index contributed by atoms with van der Waals surface area (Å²) in [7, 11) is 0. The maximum Gasteiger partial charge on any atom is 0.247 e. The lowest BCUT2D eigenvalue weighted by molar-refractivity contribution is -0.141. The molecule has 0 aromatic heterocycles. The first-order valence-corrected chi connectivity index (χ1v) is 6.91. The zero-order chi connectivity index (χ0) is 13.9. The molecule has 0 aromatic carbocycles. The molecule has 18 heavy (non-hydrogen) atoms. The van der Waals surface area contributed by atoms with Gasteiger partial charge in [0, 0.05) is 12.6 Å². The van der Waals surface area contributed by atoms with E-state index in [1.54, 1.807) is 0 Å². The van der Waals surface area contributed by atoms with E-state index in [9.17, 15) is 9.59 Å². The largest absolute Gasteiger partial charge is 0.305 e. The molecular formula is C14H26N2O2. The fourth-order valence-corrected chi connectivity index (χ4v) is 1.98. The lowest BCUT2D eigenvalue weighted by atomic mass is 9.90. The molecule has 0 radical (unpaired) electrons. The van der Waals surface area contributed by atoms with E-state index in [-0.39, 0.29) is 29.3 Å². The van der Waals surface area contributed by atoms with Gasteiger partial charge in [-0.05, 0) is 25.2 Å². The minimum absolute atomic E-state index is 0.0102. The van der Waals surface area contributed by atoms with Crippen LogP contribution in [0.2, 0.25) is 0 Å². The van der Waals surface area contributed by atoms with E-state index in [0.29, 0.717) is 6.42 Å². The third-order valence-corrected chi connectivity index (χ3v) is 4.00. The molecular weight excluding hydrogens is 228 g/mol. The van der Waals surface area contributed by atoms with Crippen molar-refractivity contribution < 1.29 is 9.59 Å². The van der Waals surface area contributed by atoms with Gasteiger partial charge in [-0.2, -0.15) is 0 Å². The summed E-state index contributed by atoms with van der Waals surface area (Å²) in [4.78, 5) is 25.4. The van der Waals surface area contributed by atoms with Crippen LogP contribution < -0.4 is 5.32 Å². The third kappa shape index (κ3) is 3.31. The van der Waals surface area contributed by atoms with Crippen molar-refractivity contribution in [3.8, 4) is 0 Å². The highest BCUT2D eigenvalue weighted by Gasteiger charge is 2.40. The zero-order valence-electron chi connectivity index (χ0n) is 12.2. The van der Waals surface area contributed by atoms with Gasteiger partial charge in [-0.25, -0.2) is 0 Å². The first-order chi connectivity index (χ1) is 8.32.